The van der Waals surface area contributed by atoms with Crippen LogP contribution in [0.15, 0.2) is 29.2 Å². The molecule has 0 saturated heterocycles. The van der Waals surface area contributed by atoms with Crippen LogP contribution in [0.4, 0.5) is 0 Å². The molecular formula is C12H20N2O2S. The predicted molar refractivity (Wildman–Crippen MR) is 69.3 cm³/mol. The highest BCUT2D eigenvalue weighted by Crippen LogP contribution is 2.16. The number of benzene rings is 1. The summed E-state index contributed by atoms with van der Waals surface area (Å²) in [6, 6.07) is 6.96. The highest BCUT2D eigenvalue weighted by atomic mass is 32.2. The molecule has 5 heteroatoms. The molecule has 1 aromatic rings. The van der Waals surface area contributed by atoms with E-state index in [2.05, 4.69) is 0 Å². The summed E-state index contributed by atoms with van der Waals surface area (Å²) in [5, 5.41) is 0. The first-order valence-electron chi connectivity index (χ1n) is 5.79. The van der Waals surface area contributed by atoms with E-state index in [0.717, 1.165) is 12.0 Å². The van der Waals surface area contributed by atoms with Crippen LogP contribution in [0.2, 0.25) is 0 Å². The molecule has 0 aliphatic heterocycles. The quantitative estimate of drug-likeness (QED) is 0.835. The molecule has 0 saturated carbocycles. The van der Waals surface area contributed by atoms with Crippen molar-refractivity contribution in [2.75, 3.05) is 19.6 Å². The van der Waals surface area contributed by atoms with Gasteiger partial charge in [0.15, 0.2) is 0 Å². The minimum Gasteiger partial charge on any atom is -0.329 e. The summed E-state index contributed by atoms with van der Waals surface area (Å²) in [6.07, 6.45) is 0.783. The highest BCUT2D eigenvalue weighted by molar-refractivity contribution is 7.89. The number of hydrogen-bond donors (Lipinski definition) is 1. The van der Waals surface area contributed by atoms with E-state index >= 15 is 0 Å². The molecule has 0 bridgehead atoms. The number of aryl methyl sites for hydroxylation is 1. The fourth-order valence-corrected chi connectivity index (χ4v) is 3.32. The normalized spacial score (nSPS) is 12.0. The van der Waals surface area contributed by atoms with Crippen LogP contribution in [0.5, 0.6) is 0 Å². The summed E-state index contributed by atoms with van der Waals surface area (Å²) in [6.45, 7) is 5.05. The van der Waals surface area contributed by atoms with Crippen LogP contribution in [-0.2, 0) is 10.0 Å². The lowest BCUT2D eigenvalue weighted by molar-refractivity contribution is 0.418. The van der Waals surface area contributed by atoms with E-state index in [4.69, 9.17) is 5.73 Å². The fraction of sp³-hybridized carbons (Fsp3) is 0.500. The first kappa shape index (κ1) is 14.2. The molecule has 0 aliphatic carbocycles. The molecule has 1 aromatic carbocycles. The summed E-state index contributed by atoms with van der Waals surface area (Å²) in [5.74, 6) is 0. The second-order valence-electron chi connectivity index (χ2n) is 4.01. The zero-order chi connectivity index (χ0) is 12.9. The lowest BCUT2D eigenvalue weighted by atomic mass is 10.2. The van der Waals surface area contributed by atoms with Gasteiger partial charge in [-0.15, -0.1) is 0 Å². The van der Waals surface area contributed by atoms with Crippen LogP contribution in [0, 0.1) is 6.92 Å². The summed E-state index contributed by atoms with van der Waals surface area (Å²) >= 11 is 0. The molecule has 1 rings (SSSR count). The molecule has 0 spiro atoms. The van der Waals surface area contributed by atoms with Gasteiger partial charge in [-0.3, -0.25) is 0 Å². The average molecular weight is 256 g/mol. The second-order valence-corrected chi connectivity index (χ2v) is 5.95. The summed E-state index contributed by atoms with van der Waals surface area (Å²) in [5.41, 5.74) is 6.40. The molecule has 17 heavy (non-hydrogen) atoms. The Hall–Kier alpha value is -0.910. The SMILES string of the molecule is CCCN(CCN)S(=O)(=O)c1cccc(C)c1. The third-order valence-electron chi connectivity index (χ3n) is 2.48. The van der Waals surface area contributed by atoms with Crippen molar-refractivity contribution in [2.45, 2.75) is 25.2 Å². The third-order valence-corrected chi connectivity index (χ3v) is 4.37. The van der Waals surface area contributed by atoms with Crippen LogP contribution in [0.25, 0.3) is 0 Å². The van der Waals surface area contributed by atoms with Crippen LogP contribution < -0.4 is 5.73 Å². The predicted octanol–water partition coefficient (Wildman–Crippen LogP) is 1.35. The van der Waals surface area contributed by atoms with Crippen molar-refractivity contribution in [1.29, 1.82) is 0 Å². The maximum absolute atomic E-state index is 12.3. The number of nitrogens with two attached hydrogens (primary N) is 1. The summed E-state index contributed by atoms with van der Waals surface area (Å²) < 4.78 is 26.1. The van der Waals surface area contributed by atoms with Crippen molar-refractivity contribution in [3.63, 3.8) is 0 Å². The van der Waals surface area contributed by atoms with Crippen molar-refractivity contribution in [3.8, 4) is 0 Å². The molecule has 96 valence electrons. The molecule has 4 nitrogen and oxygen atoms in total. The van der Waals surface area contributed by atoms with Crippen molar-refractivity contribution >= 4 is 10.0 Å². The van der Waals surface area contributed by atoms with Gasteiger partial charge in [-0.05, 0) is 31.0 Å². The van der Waals surface area contributed by atoms with Gasteiger partial charge in [0.2, 0.25) is 10.0 Å². The van der Waals surface area contributed by atoms with Gasteiger partial charge in [-0.25, -0.2) is 8.42 Å². The average Bonchev–Trinajstić information content (AvgIpc) is 2.29. The van der Waals surface area contributed by atoms with E-state index < -0.39 is 10.0 Å². The fourth-order valence-electron chi connectivity index (χ4n) is 1.67. The van der Waals surface area contributed by atoms with E-state index in [1.807, 2.05) is 19.9 Å². The lowest BCUT2D eigenvalue weighted by Crippen LogP contribution is -2.35. The molecule has 0 unspecified atom stereocenters. The Balaban J connectivity index is 3.07. The Morgan fingerprint density at radius 1 is 1.29 bits per heavy atom. The van der Waals surface area contributed by atoms with Gasteiger partial charge in [-0.2, -0.15) is 4.31 Å². The van der Waals surface area contributed by atoms with Crippen molar-refractivity contribution < 1.29 is 8.42 Å². The number of nitrogens with zero attached hydrogens (tertiary/aromatic N) is 1. The Morgan fingerprint density at radius 3 is 2.53 bits per heavy atom. The smallest absolute Gasteiger partial charge is 0.243 e. The van der Waals surface area contributed by atoms with Gasteiger partial charge in [0.05, 0.1) is 4.90 Å². The van der Waals surface area contributed by atoms with E-state index in [9.17, 15) is 8.42 Å². The van der Waals surface area contributed by atoms with Crippen molar-refractivity contribution in [2.24, 2.45) is 5.73 Å². The highest BCUT2D eigenvalue weighted by Gasteiger charge is 2.22. The van der Waals surface area contributed by atoms with E-state index in [0.29, 0.717) is 24.5 Å². The third kappa shape index (κ3) is 3.52. The Labute approximate surface area is 103 Å². The van der Waals surface area contributed by atoms with E-state index in [-0.39, 0.29) is 0 Å². The number of sulfonamides is 1. The van der Waals surface area contributed by atoms with E-state index in [1.54, 1.807) is 18.2 Å². The zero-order valence-electron chi connectivity index (χ0n) is 10.4. The summed E-state index contributed by atoms with van der Waals surface area (Å²) in [4.78, 5) is 0.347. The van der Waals surface area contributed by atoms with E-state index in [1.165, 1.54) is 4.31 Å². The number of rotatable bonds is 6. The summed E-state index contributed by atoms with van der Waals surface area (Å²) in [7, 11) is -3.39. The van der Waals surface area contributed by atoms with Gasteiger partial charge in [0.25, 0.3) is 0 Å². The van der Waals surface area contributed by atoms with Crippen LogP contribution in [0.3, 0.4) is 0 Å². The van der Waals surface area contributed by atoms with Gasteiger partial charge in [0.1, 0.15) is 0 Å². The minimum atomic E-state index is -3.39. The second kappa shape index (κ2) is 6.14. The molecule has 2 N–H and O–H groups in total. The zero-order valence-corrected chi connectivity index (χ0v) is 11.2. The lowest BCUT2D eigenvalue weighted by Gasteiger charge is -2.21. The van der Waals surface area contributed by atoms with Gasteiger partial charge < -0.3 is 5.73 Å². The topological polar surface area (TPSA) is 63.4 Å². The molecule has 0 atom stereocenters. The molecule has 0 radical (unpaired) electrons. The molecule has 0 fully saturated rings. The molecular weight excluding hydrogens is 236 g/mol. The van der Waals surface area contributed by atoms with Crippen LogP contribution in [0.1, 0.15) is 18.9 Å². The molecule has 0 aliphatic rings. The van der Waals surface area contributed by atoms with Crippen molar-refractivity contribution in [3.05, 3.63) is 29.8 Å². The maximum atomic E-state index is 12.3. The Bertz CT molecular complexity index is 451. The van der Waals surface area contributed by atoms with Crippen LogP contribution in [-0.4, -0.2) is 32.4 Å². The molecule has 0 aromatic heterocycles. The van der Waals surface area contributed by atoms with Gasteiger partial charge >= 0.3 is 0 Å². The monoisotopic (exact) mass is 256 g/mol. The van der Waals surface area contributed by atoms with Gasteiger partial charge in [-0.1, -0.05) is 19.1 Å². The first-order valence-corrected chi connectivity index (χ1v) is 7.23. The Kier molecular flexibility index (Phi) is 5.11. The largest absolute Gasteiger partial charge is 0.329 e. The first-order chi connectivity index (χ1) is 8.02. The Morgan fingerprint density at radius 2 is 2.00 bits per heavy atom. The number of hydrogen-bond acceptors (Lipinski definition) is 3. The van der Waals surface area contributed by atoms with Crippen LogP contribution >= 0.6 is 0 Å². The van der Waals surface area contributed by atoms with Gasteiger partial charge in [0, 0.05) is 19.6 Å². The molecule has 0 heterocycles. The minimum absolute atomic E-state index is 0.338. The standard InChI is InChI=1S/C12H20N2O2S/c1-3-8-14(9-7-13)17(15,16)12-6-4-5-11(2)10-12/h4-6,10H,3,7-9,13H2,1-2H3. The maximum Gasteiger partial charge on any atom is 0.243 e. The molecule has 0 amide bonds. The van der Waals surface area contributed by atoms with Crippen molar-refractivity contribution in [1.82, 2.24) is 4.31 Å².